The van der Waals surface area contributed by atoms with Gasteiger partial charge in [0.2, 0.25) is 0 Å². The maximum absolute atomic E-state index is 7.22. The van der Waals surface area contributed by atoms with Gasteiger partial charge in [-0.25, -0.2) is 0 Å². The van der Waals surface area contributed by atoms with Crippen LogP contribution in [0.15, 0.2) is 23.5 Å². The van der Waals surface area contributed by atoms with E-state index in [9.17, 15) is 0 Å². The number of ether oxygens (including phenoxy) is 1. The van der Waals surface area contributed by atoms with Crippen LogP contribution in [0.5, 0.6) is 0 Å². The summed E-state index contributed by atoms with van der Waals surface area (Å²) in [6.45, 7) is 12.6. The molecule has 0 fully saturated rings. The quantitative estimate of drug-likeness (QED) is 0.392. The van der Waals surface area contributed by atoms with Crippen molar-refractivity contribution in [1.29, 1.82) is 5.41 Å². The fraction of sp³-hybridized carbons (Fsp3) is 0.583. The third-order valence-electron chi connectivity index (χ3n) is 2.00. The molecule has 0 aromatic carbocycles. The Morgan fingerprint density at radius 2 is 2.00 bits per heavy atom. The predicted molar refractivity (Wildman–Crippen MR) is 61.7 cm³/mol. The van der Waals surface area contributed by atoms with Gasteiger partial charge in [-0.1, -0.05) is 20.4 Å². The number of allylic oxidation sites excluding steroid dienone is 3. The van der Waals surface area contributed by atoms with Gasteiger partial charge in [0.1, 0.15) is 5.76 Å². The molecule has 2 heteroatoms. The summed E-state index contributed by atoms with van der Waals surface area (Å²) in [7, 11) is 0. The zero-order valence-electron chi connectivity index (χ0n) is 9.68. The lowest BCUT2D eigenvalue weighted by molar-refractivity contribution is 0.196. The molecule has 0 aliphatic heterocycles. The number of hydrogen-bond acceptors (Lipinski definition) is 2. The number of nitrogens with one attached hydrogen (secondary N) is 1. The standard InChI is InChI=1S/C12H21NO/c1-9(2)6-7-14-11(5)12(8-13)10(3)4/h8-9,13H,3,6-7H2,1-2,4-5H3/b12-11-,13-8?. The van der Waals surface area contributed by atoms with Gasteiger partial charge in [-0.3, -0.25) is 0 Å². The van der Waals surface area contributed by atoms with E-state index < -0.39 is 0 Å². The molecule has 0 aromatic heterocycles. The highest BCUT2D eigenvalue weighted by Crippen LogP contribution is 2.12. The topological polar surface area (TPSA) is 33.1 Å². The fourth-order valence-corrected chi connectivity index (χ4v) is 1.05. The fourth-order valence-electron chi connectivity index (χ4n) is 1.05. The van der Waals surface area contributed by atoms with Crippen molar-refractivity contribution in [3.05, 3.63) is 23.5 Å². The van der Waals surface area contributed by atoms with E-state index in [1.165, 1.54) is 6.21 Å². The molecule has 0 radical (unpaired) electrons. The molecule has 0 heterocycles. The third kappa shape index (κ3) is 4.85. The normalized spacial score (nSPS) is 12.4. The third-order valence-corrected chi connectivity index (χ3v) is 2.00. The Labute approximate surface area is 87.2 Å². The van der Waals surface area contributed by atoms with Crippen LogP contribution in [0.3, 0.4) is 0 Å². The molecule has 0 unspecified atom stereocenters. The lowest BCUT2D eigenvalue weighted by atomic mass is 10.1. The van der Waals surface area contributed by atoms with Gasteiger partial charge in [-0.2, -0.15) is 0 Å². The second kappa shape index (κ2) is 6.41. The minimum atomic E-state index is 0.649. The van der Waals surface area contributed by atoms with Gasteiger partial charge >= 0.3 is 0 Å². The first-order chi connectivity index (χ1) is 6.49. The Balaban J connectivity index is 4.21. The summed E-state index contributed by atoms with van der Waals surface area (Å²) in [5.41, 5.74) is 1.68. The van der Waals surface area contributed by atoms with E-state index >= 15 is 0 Å². The molecular formula is C12H21NO. The summed E-state index contributed by atoms with van der Waals surface area (Å²) in [4.78, 5) is 0. The van der Waals surface area contributed by atoms with Crippen molar-refractivity contribution in [2.45, 2.75) is 34.1 Å². The molecule has 0 aliphatic carbocycles. The van der Waals surface area contributed by atoms with Gasteiger partial charge in [-0.05, 0) is 31.8 Å². The SMILES string of the molecule is C=C(C)/C(C=N)=C(/C)OCCC(C)C. The molecule has 0 saturated carbocycles. The van der Waals surface area contributed by atoms with E-state index in [4.69, 9.17) is 10.1 Å². The number of rotatable bonds is 6. The first kappa shape index (κ1) is 12.9. The van der Waals surface area contributed by atoms with Crippen molar-refractivity contribution >= 4 is 6.21 Å². The van der Waals surface area contributed by atoms with Crippen LogP contribution in [0, 0.1) is 11.3 Å². The van der Waals surface area contributed by atoms with Crippen molar-refractivity contribution in [2.75, 3.05) is 6.61 Å². The Morgan fingerprint density at radius 1 is 1.43 bits per heavy atom. The summed E-state index contributed by atoms with van der Waals surface area (Å²) in [5.74, 6) is 1.45. The summed E-state index contributed by atoms with van der Waals surface area (Å²) in [5, 5.41) is 7.22. The highest BCUT2D eigenvalue weighted by atomic mass is 16.5. The van der Waals surface area contributed by atoms with Crippen LogP contribution in [0.1, 0.15) is 34.1 Å². The molecule has 0 amide bonds. The predicted octanol–water partition coefficient (Wildman–Crippen LogP) is 3.55. The first-order valence-corrected chi connectivity index (χ1v) is 4.99. The van der Waals surface area contributed by atoms with Crippen LogP contribution < -0.4 is 0 Å². The van der Waals surface area contributed by atoms with E-state index in [-0.39, 0.29) is 0 Å². The van der Waals surface area contributed by atoms with Crippen LogP contribution >= 0.6 is 0 Å². The van der Waals surface area contributed by atoms with E-state index in [0.717, 1.165) is 23.3 Å². The smallest absolute Gasteiger partial charge is 0.102 e. The molecule has 0 saturated heterocycles. The average molecular weight is 195 g/mol. The molecule has 80 valence electrons. The van der Waals surface area contributed by atoms with Crippen LogP contribution in [-0.2, 0) is 4.74 Å². The summed E-state index contributed by atoms with van der Waals surface area (Å²) in [6, 6.07) is 0. The minimum Gasteiger partial charge on any atom is -0.498 e. The average Bonchev–Trinajstić information content (AvgIpc) is 2.03. The molecular weight excluding hydrogens is 174 g/mol. The van der Waals surface area contributed by atoms with Gasteiger partial charge in [0, 0.05) is 11.8 Å². The van der Waals surface area contributed by atoms with Crippen LogP contribution in [0.4, 0.5) is 0 Å². The lowest BCUT2D eigenvalue weighted by Gasteiger charge is -2.11. The summed E-state index contributed by atoms with van der Waals surface area (Å²) >= 11 is 0. The zero-order valence-corrected chi connectivity index (χ0v) is 9.68. The Kier molecular flexibility index (Phi) is 5.93. The molecule has 2 nitrogen and oxygen atoms in total. The maximum atomic E-state index is 7.22. The van der Waals surface area contributed by atoms with Crippen molar-refractivity contribution in [3.8, 4) is 0 Å². The van der Waals surface area contributed by atoms with Gasteiger partial charge in [0.05, 0.1) is 6.61 Å². The maximum Gasteiger partial charge on any atom is 0.102 e. The summed E-state index contributed by atoms with van der Waals surface area (Å²) < 4.78 is 5.53. The van der Waals surface area contributed by atoms with Gasteiger partial charge in [0.15, 0.2) is 0 Å². The lowest BCUT2D eigenvalue weighted by Crippen LogP contribution is -2.01. The second-order valence-corrected chi connectivity index (χ2v) is 3.93. The molecule has 14 heavy (non-hydrogen) atoms. The molecule has 0 aromatic rings. The van der Waals surface area contributed by atoms with E-state index in [2.05, 4.69) is 20.4 Å². The first-order valence-electron chi connectivity index (χ1n) is 4.99. The Bertz CT molecular complexity index is 239. The van der Waals surface area contributed by atoms with Gasteiger partial charge in [-0.15, -0.1) is 0 Å². The van der Waals surface area contributed by atoms with Crippen molar-refractivity contribution in [2.24, 2.45) is 5.92 Å². The zero-order chi connectivity index (χ0) is 11.1. The highest BCUT2D eigenvalue weighted by Gasteiger charge is 2.02. The number of hydrogen-bond donors (Lipinski definition) is 1. The molecule has 0 rings (SSSR count). The second-order valence-electron chi connectivity index (χ2n) is 3.93. The molecule has 0 atom stereocenters. The van der Waals surface area contributed by atoms with E-state index in [1.807, 2.05) is 13.8 Å². The molecule has 1 N–H and O–H groups in total. The Hall–Kier alpha value is -1.05. The Morgan fingerprint density at radius 3 is 2.36 bits per heavy atom. The molecule has 0 bridgehead atoms. The van der Waals surface area contributed by atoms with Gasteiger partial charge in [0.25, 0.3) is 0 Å². The highest BCUT2D eigenvalue weighted by molar-refractivity contribution is 5.82. The summed E-state index contributed by atoms with van der Waals surface area (Å²) in [6.07, 6.45) is 2.34. The monoisotopic (exact) mass is 195 g/mol. The largest absolute Gasteiger partial charge is 0.498 e. The van der Waals surface area contributed by atoms with Crippen LogP contribution in [-0.4, -0.2) is 12.8 Å². The molecule has 0 aliphatic rings. The van der Waals surface area contributed by atoms with E-state index in [1.54, 1.807) is 0 Å². The van der Waals surface area contributed by atoms with Crippen LogP contribution in [0.25, 0.3) is 0 Å². The van der Waals surface area contributed by atoms with Gasteiger partial charge < -0.3 is 10.1 Å². The molecule has 0 spiro atoms. The van der Waals surface area contributed by atoms with E-state index in [0.29, 0.717) is 12.5 Å². The van der Waals surface area contributed by atoms with Crippen molar-refractivity contribution in [3.63, 3.8) is 0 Å². The van der Waals surface area contributed by atoms with Crippen molar-refractivity contribution < 1.29 is 4.74 Å². The van der Waals surface area contributed by atoms with Crippen molar-refractivity contribution in [1.82, 2.24) is 0 Å². The minimum absolute atomic E-state index is 0.649. The van der Waals surface area contributed by atoms with Crippen LogP contribution in [0.2, 0.25) is 0 Å².